The van der Waals surface area contributed by atoms with Gasteiger partial charge in [-0.3, -0.25) is 5.32 Å². The standard InChI is InChI=1S/C4H3F3N6O3/c5-4(6,7)1(14)16-11-3(15)8-2-9-12-13-10-2/h(H3,8,9,10,11,12,13,15). The van der Waals surface area contributed by atoms with E-state index in [1.54, 1.807) is 0 Å². The average molecular weight is 240 g/mol. The zero-order chi connectivity index (χ0) is 12.2. The minimum atomic E-state index is -5.20. The molecule has 1 aromatic rings. The van der Waals surface area contributed by atoms with Crippen LogP contribution in [0.3, 0.4) is 0 Å². The van der Waals surface area contributed by atoms with Gasteiger partial charge in [0.2, 0.25) is 0 Å². The molecule has 0 saturated heterocycles. The molecule has 0 atom stereocenters. The second-order valence-corrected chi connectivity index (χ2v) is 2.18. The van der Waals surface area contributed by atoms with Gasteiger partial charge in [0.15, 0.2) is 0 Å². The Morgan fingerprint density at radius 1 is 1.38 bits per heavy atom. The number of hydrogen-bond acceptors (Lipinski definition) is 6. The van der Waals surface area contributed by atoms with Crippen LogP contribution in [0.1, 0.15) is 0 Å². The van der Waals surface area contributed by atoms with Crippen molar-refractivity contribution in [2.45, 2.75) is 6.18 Å². The van der Waals surface area contributed by atoms with Crippen molar-refractivity contribution >= 4 is 17.9 Å². The van der Waals surface area contributed by atoms with Crippen LogP contribution >= 0.6 is 0 Å². The highest BCUT2D eigenvalue weighted by Crippen LogP contribution is 2.15. The molecule has 1 rings (SSSR count). The molecule has 88 valence electrons. The zero-order valence-corrected chi connectivity index (χ0v) is 7.20. The first kappa shape index (κ1) is 11.7. The SMILES string of the molecule is O=C(NOC(=O)C(F)(F)F)Nc1nn[nH]n1. The molecule has 12 heteroatoms. The first-order valence-electron chi connectivity index (χ1n) is 3.48. The lowest BCUT2D eigenvalue weighted by Crippen LogP contribution is -2.36. The number of nitrogens with one attached hydrogen (secondary N) is 3. The average Bonchev–Trinajstić information content (AvgIpc) is 2.65. The smallest absolute Gasteiger partial charge is 0.331 e. The zero-order valence-electron chi connectivity index (χ0n) is 7.20. The highest BCUT2D eigenvalue weighted by molar-refractivity contribution is 5.87. The summed E-state index contributed by atoms with van der Waals surface area (Å²) in [6, 6.07) is -1.26. The number of tetrazole rings is 1. The summed E-state index contributed by atoms with van der Waals surface area (Å²) in [4.78, 5) is 24.3. The summed E-state index contributed by atoms with van der Waals surface area (Å²) in [5.41, 5.74) is 1.19. The fourth-order valence-corrected chi connectivity index (χ4v) is 0.492. The Balaban J connectivity index is 2.34. The normalized spacial score (nSPS) is 10.7. The topological polar surface area (TPSA) is 122 Å². The summed E-state index contributed by atoms with van der Waals surface area (Å²) in [5, 5.41) is 13.3. The first-order valence-corrected chi connectivity index (χ1v) is 3.48. The number of aromatic nitrogens is 4. The molecule has 0 fully saturated rings. The number of aromatic amines is 1. The van der Waals surface area contributed by atoms with E-state index in [9.17, 15) is 22.8 Å². The van der Waals surface area contributed by atoms with Gasteiger partial charge >= 0.3 is 18.2 Å². The van der Waals surface area contributed by atoms with Gasteiger partial charge < -0.3 is 4.84 Å². The Morgan fingerprint density at radius 3 is 2.56 bits per heavy atom. The van der Waals surface area contributed by atoms with Crippen LogP contribution in [0.25, 0.3) is 0 Å². The molecular formula is C4H3F3N6O3. The van der Waals surface area contributed by atoms with E-state index in [1.165, 1.54) is 5.48 Å². The Bertz CT molecular complexity index is 375. The quantitative estimate of drug-likeness (QED) is 0.560. The molecule has 0 aliphatic heterocycles. The van der Waals surface area contributed by atoms with Gasteiger partial charge in [0, 0.05) is 0 Å². The van der Waals surface area contributed by atoms with Crippen molar-refractivity contribution in [2.24, 2.45) is 0 Å². The van der Waals surface area contributed by atoms with Crippen molar-refractivity contribution in [3.8, 4) is 0 Å². The van der Waals surface area contributed by atoms with Crippen molar-refractivity contribution in [1.82, 2.24) is 26.1 Å². The van der Waals surface area contributed by atoms with Crippen LogP contribution in [0.2, 0.25) is 0 Å². The van der Waals surface area contributed by atoms with Gasteiger partial charge in [0.05, 0.1) is 0 Å². The van der Waals surface area contributed by atoms with E-state index in [1.807, 2.05) is 10.5 Å². The minimum absolute atomic E-state index is 0.305. The van der Waals surface area contributed by atoms with Crippen molar-refractivity contribution in [1.29, 1.82) is 0 Å². The van der Waals surface area contributed by atoms with Crippen LogP contribution < -0.4 is 10.8 Å². The van der Waals surface area contributed by atoms with Gasteiger partial charge in [-0.25, -0.2) is 9.59 Å². The number of anilines is 1. The number of carbonyl (C=O) groups excluding carboxylic acids is 2. The van der Waals surface area contributed by atoms with Crippen molar-refractivity contribution in [3.63, 3.8) is 0 Å². The molecule has 0 aliphatic rings. The third-order valence-corrected chi connectivity index (χ3v) is 1.04. The molecular weight excluding hydrogens is 237 g/mol. The van der Waals surface area contributed by atoms with E-state index in [4.69, 9.17) is 0 Å². The fraction of sp³-hybridized carbons (Fsp3) is 0.250. The number of hydroxylamine groups is 1. The third kappa shape index (κ3) is 3.39. The van der Waals surface area contributed by atoms with Crippen LogP contribution in [-0.4, -0.2) is 38.8 Å². The van der Waals surface area contributed by atoms with Crippen LogP contribution in [0.4, 0.5) is 23.9 Å². The predicted molar refractivity (Wildman–Crippen MR) is 38.5 cm³/mol. The molecule has 0 unspecified atom stereocenters. The molecule has 0 radical (unpaired) electrons. The minimum Gasteiger partial charge on any atom is -0.331 e. The number of rotatable bonds is 1. The van der Waals surface area contributed by atoms with E-state index < -0.39 is 18.2 Å². The molecule has 0 aromatic carbocycles. The number of H-pyrrole nitrogens is 1. The second kappa shape index (κ2) is 4.41. The molecule has 0 spiro atoms. The number of alkyl halides is 3. The second-order valence-electron chi connectivity index (χ2n) is 2.18. The summed E-state index contributed by atoms with van der Waals surface area (Å²) in [6.07, 6.45) is -5.20. The van der Waals surface area contributed by atoms with Gasteiger partial charge in [0.1, 0.15) is 0 Å². The number of nitrogens with zero attached hydrogens (tertiary/aromatic N) is 3. The van der Waals surface area contributed by atoms with Crippen molar-refractivity contribution in [3.05, 3.63) is 0 Å². The molecule has 3 N–H and O–H groups in total. The molecule has 16 heavy (non-hydrogen) atoms. The third-order valence-electron chi connectivity index (χ3n) is 1.04. The maximum Gasteiger partial charge on any atom is 0.493 e. The number of carbonyl (C=O) groups is 2. The van der Waals surface area contributed by atoms with E-state index in [2.05, 4.69) is 20.2 Å². The lowest BCUT2D eigenvalue weighted by atomic mass is 10.7. The van der Waals surface area contributed by atoms with E-state index >= 15 is 0 Å². The summed E-state index contributed by atoms with van der Waals surface area (Å²) < 4.78 is 34.8. The number of hydrogen-bond donors (Lipinski definition) is 3. The molecule has 0 aliphatic carbocycles. The number of amides is 2. The Hall–Kier alpha value is -2.40. The van der Waals surface area contributed by atoms with Crippen molar-refractivity contribution in [2.75, 3.05) is 5.32 Å². The lowest BCUT2D eigenvalue weighted by Gasteiger charge is -2.06. The van der Waals surface area contributed by atoms with Gasteiger partial charge in [0.25, 0.3) is 5.95 Å². The van der Waals surface area contributed by atoms with Crippen LogP contribution in [-0.2, 0) is 9.63 Å². The summed E-state index contributed by atoms with van der Waals surface area (Å²) in [6.45, 7) is 0. The maximum atomic E-state index is 11.6. The largest absolute Gasteiger partial charge is 0.493 e. The van der Waals surface area contributed by atoms with Gasteiger partial charge in [-0.1, -0.05) is 5.10 Å². The van der Waals surface area contributed by atoms with Gasteiger partial charge in [-0.15, -0.1) is 5.10 Å². The molecule has 0 bridgehead atoms. The first-order chi connectivity index (χ1) is 7.39. The number of halogens is 3. The monoisotopic (exact) mass is 240 g/mol. The van der Waals surface area contributed by atoms with Gasteiger partial charge in [-0.2, -0.15) is 23.9 Å². The molecule has 2 amide bonds. The summed E-state index contributed by atoms with van der Waals surface area (Å²) in [5.74, 6) is -2.86. The van der Waals surface area contributed by atoms with Crippen LogP contribution in [0.5, 0.6) is 0 Å². The van der Waals surface area contributed by atoms with Crippen LogP contribution in [0, 0.1) is 0 Å². The predicted octanol–water partition coefficient (Wildman–Crippen LogP) is -0.658. The summed E-state index contributed by atoms with van der Waals surface area (Å²) in [7, 11) is 0. The Kier molecular flexibility index (Phi) is 3.22. The molecule has 9 nitrogen and oxygen atoms in total. The number of urea groups is 1. The Morgan fingerprint density at radius 2 is 2.06 bits per heavy atom. The van der Waals surface area contributed by atoms with Crippen LogP contribution in [0.15, 0.2) is 0 Å². The molecule has 1 aromatic heterocycles. The summed E-state index contributed by atoms with van der Waals surface area (Å²) >= 11 is 0. The van der Waals surface area contributed by atoms with Crippen molar-refractivity contribution < 1.29 is 27.6 Å². The highest BCUT2D eigenvalue weighted by Gasteiger charge is 2.42. The fourth-order valence-electron chi connectivity index (χ4n) is 0.492. The molecule has 1 heterocycles. The maximum absolute atomic E-state index is 11.6. The molecule has 0 saturated carbocycles. The Labute approximate surface area is 84.3 Å². The highest BCUT2D eigenvalue weighted by atomic mass is 19.4. The van der Waals surface area contributed by atoms with E-state index in [0.29, 0.717) is 0 Å². The lowest BCUT2D eigenvalue weighted by molar-refractivity contribution is -0.204. The van der Waals surface area contributed by atoms with Gasteiger partial charge in [-0.05, 0) is 5.21 Å². The van der Waals surface area contributed by atoms with E-state index in [-0.39, 0.29) is 5.95 Å². The van der Waals surface area contributed by atoms with E-state index in [0.717, 1.165) is 0 Å².